The first-order chi connectivity index (χ1) is 66.2. The summed E-state index contributed by atoms with van der Waals surface area (Å²) in [5.41, 5.74) is 0. The van der Waals surface area contributed by atoms with Gasteiger partial charge in [-0.2, -0.15) is 0 Å². The van der Waals surface area contributed by atoms with Crippen molar-refractivity contribution in [1.82, 2.24) is 31.9 Å². The van der Waals surface area contributed by atoms with Gasteiger partial charge >= 0.3 is 0 Å². The summed E-state index contributed by atoms with van der Waals surface area (Å²) in [6.45, 7) is -7.30. The van der Waals surface area contributed by atoms with Crippen molar-refractivity contribution in [2.45, 2.75) is 379 Å². The Bertz CT molecular complexity index is 3910. The predicted octanol–water partition coefficient (Wildman–Crippen LogP) is -24.1. The molecule has 55 atom stereocenters. The predicted molar refractivity (Wildman–Crippen MR) is 432 cm³/mol. The summed E-state index contributed by atoms with van der Waals surface area (Å²) in [5, 5.41) is 343. The lowest BCUT2D eigenvalue weighted by Gasteiger charge is -2.52. The standard InChI is InChI=1S/C78H130N6O56/c1-18(94)79-35-49(108)60(28(11-89)122-68(35)119)133-71-38(82-21(4)97)51(110)63(31(14-92)127-71)137-76-59(118)65(46(105)34(131-76)17-121-77-66(139-70-37(81-20(3)96)48(107)42(101)25(8-86)124-70)55(114)45(104)33(132-77)16-120-69-36(80-19(2)95)47(106)41(100)24(7-85)123-69)138-78-67(140-73-40(84-23(6)99)52(111)62(30(13-91)129-73)136-75-57(116)54(113)44(103)27(10-88)126-75)58(117)64(32(15-93)130-78)134-72-39(83-22(5)98)50(109)61(29(12-90)128-72)135-74-56(115)53(112)43(102)26(9-87)125-74/h24-78,85-93,100-119H,7-17H2,1-6H3,(H,79,94)(H,80,95)(H,81,96)(H,82,97)(H,83,98)(H,84,99)/t24-,25-,26-,27-,28-,29-,30-,31-,32-,33-,34-,35-,36-,37-,38-,39-,40-,41-,42-,43+,44+,45-,46-,47-,48-,49-,50-,51-,52-,53+,54+,55+,56-,57-,58+,59+,60-,61-,62-,63-,64-,65+,66+,67+,68-,69-,70+,71+,72+,73+,74+,75+,76+,77+,78-/m1/s1. The van der Waals surface area contributed by atoms with E-state index in [0.717, 1.165) is 41.5 Å². The van der Waals surface area contributed by atoms with Crippen LogP contribution in [-0.2, 0) is 128 Å². The molecule has 0 spiro atoms. The topological polar surface area (TPSA) is 955 Å². The molecule has 11 aliphatic rings. The highest BCUT2D eigenvalue weighted by molar-refractivity contribution is 5.75. The van der Waals surface area contributed by atoms with Crippen LogP contribution in [0, 0.1) is 0 Å². The van der Waals surface area contributed by atoms with Crippen LogP contribution in [0.25, 0.3) is 0 Å². The first-order valence-corrected chi connectivity index (χ1v) is 44.6. The van der Waals surface area contributed by atoms with E-state index in [1.54, 1.807) is 0 Å². The molecule has 808 valence electrons. The van der Waals surface area contributed by atoms with E-state index in [4.69, 9.17) is 99.5 Å². The van der Waals surface area contributed by atoms with Gasteiger partial charge in [0.25, 0.3) is 0 Å². The molecule has 11 aliphatic heterocycles. The highest BCUT2D eigenvalue weighted by Crippen LogP contribution is 2.42. The van der Waals surface area contributed by atoms with Crippen molar-refractivity contribution < 1.29 is 276 Å². The molecule has 11 fully saturated rings. The number of carbonyl (C=O) groups excluding carboxylic acids is 6. The molecule has 11 rings (SSSR count). The van der Waals surface area contributed by atoms with E-state index in [0.29, 0.717) is 0 Å². The maximum Gasteiger partial charge on any atom is 0.217 e. The fraction of sp³-hybridized carbons (Fsp3) is 0.923. The zero-order valence-corrected chi connectivity index (χ0v) is 75.5. The van der Waals surface area contributed by atoms with Crippen molar-refractivity contribution in [3.05, 3.63) is 0 Å². The lowest BCUT2D eigenvalue weighted by Crippen LogP contribution is -2.71. The van der Waals surface area contributed by atoms with E-state index in [9.17, 15) is 177 Å². The van der Waals surface area contributed by atoms with E-state index < -0.39 is 446 Å². The summed E-state index contributed by atoms with van der Waals surface area (Å²) in [5.74, 6) is -5.74. The minimum Gasteiger partial charge on any atom is -0.394 e. The Kier molecular flexibility index (Phi) is 41.7. The van der Waals surface area contributed by atoms with Gasteiger partial charge in [0, 0.05) is 41.5 Å². The number of carbonyl (C=O) groups is 6. The van der Waals surface area contributed by atoms with Crippen molar-refractivity contribution in [1.29, 1.82) is 0 Å². The molecule has 11 heterocycles. The number of hydrogen-bond donors (Lipinski definition) is 35. The van der Waals surface area contributed by atoms with Gasteiger partial charge in [0.1, 0.15) is 268 Å². The van der Waals surface area contributed by atoms with Gasteiger partial charge in [-0.05, 0) is 0 Å². The highest BCUT2D eigenvalue weighted by atomic mass is 16.8. The Morgan fingerprint density at radius 3 is 0.764 bits per heavy atom. The summed E-state index contributed by atoms with van der Waals surface area (Å²) in [6.07, 6.45) is -107. The summed E-state index contributed by atoms with van der Waals surface area (Å²) in [7, 11) is 0. The molecule has 11 saturated heterocycles. The van der Waals surface area contributed by atoms with Gasteiger partial charge < -0.3 is 279 Å². The number of rotatable bonds is 37. The quantitative estimate of drug-likeness (QED) is 0.0275. The minimum absolute atomic E-state index is 0.837. The molecular formula is C78H130N6O56. The van der Waals surface area contributed by atoms with E-state index in [1.807, 2.05) is 0 Å². The van der Waals surface area contributed by atoms with Crippen LogP contribution in [0.2, 0.25) is 0 Å². The van der Waals surface area contributed by atoms with E-state index in [2.05, 4.69) is 31.9 Å². The second kappa shape index (κ2) is 50.7. The SMILES string of the molecule is CC(=O)N[C@@H]1[C@@H](O)[C@H](O[C@@H]2O[C@H](CO)[C@@H](O[C@@H]3O[C@H](CO[C@H]4O[C@H](CO[C@@H]5O[C@H](CO)[C@@H](O)[C@H](O)[C@H]5NC(C)=O)[C@@H](O)[C@H](O)[C@@H]4O[C@@H]4O[C@H](CO)[C@@H](O)[C@H](O)[C@H]4NC(C)=O)[C@@H](O)[C@H](O[C@H]4O[C@H](CO)[C@@H](O[C@@H]5O[C@H](CO)[C@@H](O[C@@H]6O[C@H](CO)[C@H](O)[C@H](O)[C@H]6O)[C@H](O)[C@H]5NC(C)=O)[C@H](O)[C@@H]4O[C@@H]4O[C@H](CO)[C@@H](O[C@@H]5O[C@H](CO)[C@H](O)[C@H](O)[C@H]5O)[C@H](O)[C@H]4NC(C)=O)[C@@H]3O)[C@H](O)[C@H]2NC(C)=O)[C@@H](CO)O[C@H]1O. The number of hydrogen-bond acceptors (Lipinski definition) is 56. The number of amides is 6. The molecule has 62 nitrogen and oxygen atoms in total. The van der Waals surface area contributed by atoms with Crippen LogP contribution in [0.15, 0.2) is 0 Å². The van der Waals surface area contributed by atoms with Crippen LogP contribution >= 0.6 is 0 Å². The van der Waals surface area contributed by atoms with Crippen LogP contribution in [0.1, 0.15) is 41.5 Å². The van der Waals surface area contributed by atoms with Gasteiger partial charge in [0.05, 0.1) is 72.7 Å². The molecule has 6 amide bonds. The molecule has 0 aliphatic carbocycles. The van der Waals surface area contributed by atoms with Crippen molar-refractivity contribution in [2.75, 3.05) is 72.7 Å². The maximum atomic E-state index is 13.5. The Balaban J connectivity index is 1.01. The molecule has 0 aromatic rings. The van der Waals surface area contributed by atoms with Gasteiger partial charge in [-0.1, -0.05) is 0 Å². The average Bonchev–Trinajstić information content (AvgIpc) is 0.758. The molecule has 0 radical (unpaired) electrons. The van der Waals surface area contributed by atoms with Crippen molar-refractivity contribution in [3.63, 3.8) is 0 Å². The molecule has 140 heavy (non-hydrogen) atoms. The first-order valence-electron chi connectivity index (χ1n) is 44.6. The normalized spacial score (nSPS) is 48.1. The fourth-order valence-corrected chi connectivity index (χ4v) is 18.1. The van der Waals surface area contributed by atoms with Gasteiger partial charge in [-0.15, -0.1) is 0 Å². The fourth-order valence-electron chi connectivity index (χ4n) is 18.1. The second-order valence-electron chi connectivity index (χ2n) is 35.3. The Morgan fingerprint density at radius 1 is 0.186 bits per heavy atom. The van der Waals surface area contributed by atoms with Gasteiger partial charge in [0.2, 0.25) is 35.4 Å². The van der Waals surface area contributed by atoms with Crippen LogP contribution in [-0.4, -0.2) is 594 Å². The van der Waals surface area contributed by atoms with Gasteiger partial charge in [-0.25, -0.2) is 0 Å². The molecule has 0 unspecified atom stereocenters. The number of ether oxygens (including phenoxy) is 21. The number of aliphatic hydroxyl groups is 29. The van der Waals surface area contributed by atoms with E-state index >= 15 is 0 Å². The number of nitrogens with one attached hydrogen (secondary N) is 6. The third-order valence-corrected chi connectivity index (χ3v) is 25.4. The highest BCUT2D eigenvalue weighted by Gasteiger charge is 2.63. The van der Waals surface area contributed by atoms with Crippen LogP contribution in [0.4, 0.5) is 0 Å². The summed E-state index contributed by atoms with van der Waals surface area (Å²) >= 11 is 0. The maximum absolute atomic E-state index is 13.5. The van der Waals surface area contributed by atoms with Crippen LogP contribution < -0.4 is 31.9 Å². The lowest BCUT2D eigenvalue weighted by atomic mass is 9.93. The Labute approximate surface area is 792 Å². The third kappa shape index (κ3) is 25.8. The summed E-state index contributed by atoms with van der Waals surface area (Å²) in [4.78, 5) is 77.7. The average molecular weight is 2050 g/mol. The molecule has 0 aromatic heterocycles. The molecule has 0 saturated carbocycles. The van der Waals surface area contributed by atoms with Crippen molar-refractivity contribution in [2.24, 2.45) is 0 Å². The summed E-state index contributed by atoms with van der Waals surface area (Å²) in [6, 6.07) is -11.6. The lowest BCUT2D eigenvalue weighted by molar-refractivity contribution is -0.406. The molecular weight excluding hydrogens is 1920 g/mol. The second-order valence-corrected chi connectivity index (χ2v) is 35.3. The molecule has 35 N–H and O–H groups in total. The first kappa shape index (κ1) is 115. The molecule has 0 aromatic carbocycles. The van der Waals surface area contributed by atoms with Gasteiger partial charge in [0.15, 0.2) is 69.2 Å². The Morgan fingerprint density at radius 2 is 0.407 bits per heavy atom. The van der Waals surface area contributed by atoms with Crippen LogP contribution in [0.3, 0.4) is 0 Å². The van der Waals surface area contributed by atoms with E-state index in [1.165, 1.54) is 0 Å². The number of aliphatic hydroxyl groups excluding tert-OH is 29. The van der Waals surface area contributed by atoms with Gasteiger partial charge in [-0.3, -0.25) is 28.8 Å². The zero-order valence-electron chi connectivity index (χ0n) is 75.5. The molecule has 0 bridgehead atoms. The van der Waals surface area contributed by atoms with Crippen molar-refractivity contribution in [3.8, 4) is 0 Å². The monoisotopic (exact) mass is 2050 g/mol. The summed E-state index contributed by atoms with van der Waals surface area (Å²) < 4.78 is 127. The largest absolute Gasteiger partial charge is 0.394 e. The van der Waals surface area contributed by atoms with Crippen molar-refractivity contribution >= 4 is 35.4 Å². The van der Waals surface area contributed by atoms with Crippen LogP contribution in [0.5, 0.6) is 0 Å². The zero-order chi connectivity index (χ0) is 103. The third-order valence-electron chi connectivity index (χ3n) is 25.4. The van der Waals surface area contributed by atoms with E-state index in [-0.39, 0.29) is 0 Å². The molecule has 62 heteroatoms. The minimum atomic E-state index is -2.78. The smallest absolute Gasteiger partial charge is 0.217 e. The Hall–Kier alpha value is -5.18.